The van der Waals surface area contributed by atoms with Gasteiger partial charge in [-0.25, -0.2) is 0 Å². The molecule has 0 atom stereocenters. The molecule has 1 aromatic rings. The number of fused-ring (bicyclic) bond motifs is 1. The summed E-state index contributed by atoms with van der Waals surface area (Å²) in [6.07, 6.45) is 1.75. The van der Waals surface area contributed by atoms with Gasteiger partial charge < -0.3 is 14.6 Å². The Hall–Kier alpha value is -1.42. The van der Waals surface area contributed by atoms with Crippen molar-refractivity contribution in [3.05, 3.63) is 22.7 Å². The topological polar surface area (TPSA) is 55.8 Å². The predicted octanol–water partition coefficient (Wildman–Crippen LogP) is 2.58. The number of carboxylic acids is 1. The molecule has 1 saturated carbocycles. The minimum absolute atomic E-state index is 0.0898. The SMILES string of the molecule is O=C(O)CC1(c2c(Cl)ccc3c2OCO3)CC1. The highest BCUT2D eigenvalue weighted by Crippen LogP contribution is 2.58. The Bertz CT molecular complexity index is 494. The van der Waals surface area contributed by atoms with Crippen molar-refractivity contribution >= 4 is 17.6 Å². The van der Waals surface area contributed by atoms with Crippen molar-refractivity contribution in [3.8, 4) is 11.5 Å². The van der Waals surface area contributed by atoms with Crippen molar-refractivity contribution in [1.82, 2.24) is 0 Å². The highest BCUT2D eigenvalue weighted by Gasteiger charge is 2.50. The number of benzene rings is 1. The fraction of sp³-hybridized carbons (Fsp3) is 0.417. The molecule has 0 spiro atoms. The van der Waals surface area contributed by atoms with Crippen LogP contribution in [0, 0.1) is 0 Å². The van der Waals surface area contributed by atoms with Crippen LogP contribution in [0.3, 0.4) is 0 Å². The average molecular weight is 255 g/mol. The largest absolute Gasteiger partial charge is 0.481 e. The molecule has 1 aromatic carbocycles. The molecule has 90 valence electrons. The van der Waals surface area contributed by atoms with Gasteiger partial charge in [-0.05, 0) is 25.0 Å². The van der Waals surface area contributed by atoms with Gasteiger partial charge in [-0.2, -0.15) is 0 Å². The number of hydrogen-bond donors (Lipinski definition) is 1. The molecule has 2 aliphatic rings. The fourth-order valence-electron chi connectivity index (χ4n) is 2.40. The second kappa shape index (κ2) is 3.53. The summed E-state index contributed by atoms with van der Waals surface area (Å²) in [5.74, 6) is 0.465. The number of halogens is 1. The molecule has 0 unspecified atom stereocenters. The molecule has 0 amide bonds. The van der Waals surface area contributed by atoms with Gasteiger partial charge in [0, 0.05) is 16.0 Å². The van der Waals surface area contributed by atoms with Crippen LogP contribution in [0.5, 0.6) is 11.5 Å². The molecule has 1 aliphatic heterocycles. The zero-order valence-electron chi connectivity index (χ0n) is 9.03. The zero-order chi connectivity index (χ0) is 12.0. The van der Waals surface area contributed by atoms with E-state index in [9.17, 15) is 4.79 Å². The maximum Gasteiger partial charge on any atom is 0.304 e. The second-order valence-corrected chi connectivity index (χ2v) is 4.91. The van der Waals surface area contributed by atoms with Crippen molar-refractivity contribution < 1.29 is 19.4 Å². The third-order valence-corrected chi connectivity index (χ3v) is 3.68. The number of rotatable bonds is 3. The van der Waals surface area contributed by atoms with Crippen molar-refractivity contribution in [1.29, 1.82) is 0 Å². The number of hydrogen-bond acceptors (Lipinski definition) is 3. The van der Waals surface area contributed by atoms with E-state index in [0.29, 0.717) is 16.5 Å². The smallest absolute Gasteiger partial charge is 0.304 e. The van der Waals surface area contributed by atoms with Gasteiger partial charge >= 0.3 is 5.97 Å². The van der Waals surface area contributed by atoms with Crippen LogP contribution >= 0.6 is 11.6 Å². The van der Waals surface area contributed by atoms with E-state index < -0.39 is 5.97 Å². The summed E-state index contributed by atoms with van der Waals surface area (Å²) in [5, 5.41) is 9.54. The van der Waals surface area contributed by atoms with Gasteiger partial charge in [0.15, 0.2) is 11.5 Å². The lowest BCUT2D eigenvalue weighted by molar-refractivity contribution is -0.137. The summed E-state index contributed by atoms with van der Waals surface area (Å²) in [6.45, 7) is 0.172. The molecule has 0 radical (unpaired) electrons. The van der Waals surface area contributed by atoms with Crippen LogP contribution in [-0.2, 0) is 10.2 Å². The molecule has 1 heterocycles. The van der Waals surface area contributed by atoms with Crippen LogP contribution in [0.2, 0.25) is 5.02 Å². The molecule has 0 aromatic heterocycles. The second-order valence-electron chi connectivity index (χ2n) is 4.51. The summed E-state index contributed by atoms with van der Waals surface area (Å²) in [7, 11) is 0. The van der Waals surface area contributed by atoms with E-state index in [1.54, 1.807) is 12.1 Å². The van der Waals surface area contributed by atoms with Gasteiger partial charge in [-0.1, -0.05) is 11.6 Å². The van der Waals surface area contributed by atoms with E-state index in [-0.39, 0.29) is 18.6 Å². The Balaban J connectivity index is 2.09. The van der Waals surface area contributed by atoms with Crippen LogP contribution in [-0.4, -0.2) is 17.9 Å². The maximum absolute atomic E-state index is 10.9. The molecular weight excluding hydrogens is 244 g/mol. The van der Waals surface area contributed by atoms with Crippen molar-refractivity contribution in [2.24, 2.45) is 0 Å². The summed E-state index contributed by atoms with van der Waals surface area (Å²) < 4.78 is 10.7. The Morgan fingerprint density at radius 2 is 2.18 bits per heavy atom. The minimum Gasteiger partial charge on any atom is -0.481 e. The minimum atomic E-state index is -0.810. The molecule has 17 heavy (non-hydrogen) atoms. The summed E-state index contributed by atoms with van der Waals surface area (Å²) >= 11 is 6.19. The Morgan fingerprint density at radius 1 is 1.41 bits per heavy atom. The van der Waals surface area contributed by atoms with E-state index in [2.05, 4.69) is 0 Å². The number of aliphatic carboxylic acids is 1. The maximum atomic E-state index is 10.9. The molecule has 3 rings (SSSR count). The van der Waals surface area contributed by atoms with E-state index in [4.69, 9.17) is 26.2 Å². The Labute approximate surface area is 103 Å². The van der Waals surface area contributed by atoms with Gasteiger partial charge in [0.2, 0.25) is 6.79 Å². The van der Waals surface area contributed by atoms with Crippen molar-refractivity contribution in [3.63, 3.8) is 0 Å². The van der Waals surface area contributed by atoms with E-state index >= 15 is 0 Å². The first-order chi connectivity index (χ1) is 8.12. The van der Waals surface area contributed by atoms with Gasteiger partial charge in [0.05, 0.1) is 6.42 Å². The lowest BCUT2D eigenvalue weighted by Gasteiger charge is -2.17. The molecular formula is C12H11ClO4. The van der Waals surface area contributed by atoms with Gasteiger partial charge in [-0.15, -0.1) is 0 Å². The summed E-state index contributed by atoms with van der Waals surface area (Å²) in [5.41, 5.74) is 0.443. The van der Waals surface area contributed by atoms with Gasteiger partial charge in [0.1, 0.15) is 0 Å². The number of carboxylic acid groups (broad SMARTS) is 1. The lowest BCUT2D eigenvalue weighted by atomic mass is 9.91. The van der Waals surface area contributed by atoms with Crippen LogP contribution < -0.4 is 9.47 Å². The number of carbonyl (C=O) groups is 1. The van der Waals surface area contributed by atoms with Crippen molar-refractivity contribution in [2.75, 3.05) is 6.79 Å². The molecule has 1 aliphatic carbocycles. The van der Waals surface area contributed by atoms with Crippen LogP contribution in [0.1, 0.15) is 24.8 Å². The highest BCUT2D eigenvalue weighted by molar-refractivity contribution is 6.31. The first-order valence-electron chi connectivity index (χ1n) is 5.43. The standard InChI is InChI=1S/C12H11ClO4/c13-7-1-2-8-11(17-6-16-8)10(7)12(3-4-12)5-9(14)15/h1-2H,3-6H2,(H,14,15). The Kier molecular flexibility index (Phi) is 2.23. The van der Waals surface area contributed by atoms with Crippen LogP contribution in [0.15, 0.2) is 12.1 Å². The number of ether oxygens (including phenoxy) is 2. The zero-order valence-corrected chi connectivity index (χ0v) is 9.79. The average Bonchev–Trinajstić information content (AvgIpc) is 2.87. The molecule has 0 bridgehead atoms. The molecule has 0 saturated heterocycles. The molecule has 4 nitrogen and oxygen atoms in total. The molecule has 5 heteroatoms. The highest BCUT2D eigenvalue weighted by atomic mass is 35.5. The first-order valence-corrected chi connectivity index (χ1v) is 5.81. The molecule has 1 N–H and O–H groups in total. The summed E-state index contributed by atoms with van der Waals surface area (Å²) in [6, 6.07) is 3.50. The monoisotopic (exact) mass is 254 g/mol. The van der Waals surface area contributed by atoms with Gasteiger partial charge in [0.25, 0.3) is 0 Å². The van der Waals surface area contributed by atoms with E-state index in [0.717, 1.165) is 18.4 Å². The lowest BCUT2D eigenvalue weighted by Crippen LogP contribution is -2.14. The third kappa shape index (κ3) is 1.63. The van der Waals surface area contributed by atoms with Gasteiger partial charge in [-0.3, -0.25) is 4.79 Å². The Morgan fingerprint density at radius 3 is 2.82 bits per heavy atom. The predicted molar refractivity (Wildman–Crippen MR) is 60.7 cm³/mol. The van der Waals surface area contributed by atoms with E-state index in [1.807, 2.05) is 0 Å². The van der Waals surface area contributed by atoms with E-state index in [1.165, 1.54) is 0 Å². The van der Waals surface area contributed by atoms with Crippen LogP contribution in [0.25, 0.3) is 0 Å². The van der Waals surface area contributed by atoms with Crippen LogP contribution in [0.4, 0.5) is 0 Å². The normalized spacial score (nSPS) is 19.1. The fourth-order valence-corrected chi connectivity index (χ4v) is 2.75. The third-order valence-electron chi connectivity index (χ3n) is 3.36. The first kappa shape index (κ1) is 10.7. The summed E-state index contributed by atoms with van der Waals surface area (Å²) in [4.78, 5) is 10.9. The molecule has 1 fully saturated rings. The van der Waals surface area contributed by atoms with Crippen molar-refractivity contribution in [2.45, 2.75) is 24.7 Å². The quantitative estimate of drug-likeness (QED) is 0.901.